The molecule has 2 N–H and O–H groups in total. The van der Waals surface area contributed by atoms with E-state index in [0.717, 1.165) is 19.8 Å². The lowest BCUT2D eigenvalue weighted by molar-refractivity contribution is -0.216. The Bertz CT molecular complexity index is 1550. The number of ether oxygens (including phenoxy) is 2. The van der Waals surface area contributed by atoms with Gasteiger partial charge in [0.05, 0.1) is 5.92 Å². The summed E-state index contributed by atoms with van der Waals surface area (Å²) >= 11 is 0. The van der Waals surface area contributed by atoms with Crippen LogP contribution in [0.1, 0.15) is 46.2 Å². The van der Waals surface area contributed by atoms with Gasteiger partial charge in [0.1, 0.15) is 0 Å². The van der Waals surface area contributed by atoms with Gasteiger partial charge in [0.15, 0.2) is 12.2 Å². The molecule has 2 aromatic heterocycles. The summed E-state index contributed by atoms with van der Waals surface area (Å²) in [5.74, 6) is -0.440. The summed E-state index contributed by atoms with van der Waals surface area (Å²) in [4.78, 5) is 6.59. The second-order valence-corrected chi connectivity index (χ2v) is 9.99. The zero-order valence-electron chi connectivity index (χ0n) is 23.1. The van der Waals surface area contributed by atoms with Gasteiger partial charge in [-0.3, -0.25) is 0 Å². The average Bonchev–Trinajstić information content (AvgIpc) is 3.65. The first-order valence-corrected chi connectivity index (χ1v) is 13.3. The number of halogens is 6. The summed E-state index contributed by atoms with van der Waals surface area (Å²) in [6, 6.07) is 28.7. The highest BCUT2D eigenvalue weighted by atomic mass is 19.4. The lowest BCUT2D eigenvalue weighted by atomic mass is 9.93. The maximum Gasteiger partial charge on any atom is 0.418 e. The lowest BCUT2D eigenvalue weighted by Gasteiger charge is -2.22. The summed E-state index contributed by atoms with van der Waals surface area (Å²) < 4.78 is 92.3. The van der Waals surface area contributed by atoms with E-state index in [1.807, 2.05) is 30.3 Å². The van der Waals surface area contributed by atoms with Gasteiger partial charge in [-0.2, -0.15) is 26.3 Å². The largest absolute Gasteiger partial charge is 0.418 e. The lowest BCUT2D eigenvalue weighted by Crippen LogP contribution is -2.23. The van der Waals surface area contributed by atoms with Crippen LogP contribution in [0.15, 0.2) is 103 Å². The van der Waals surface area contributed by atoms with Gasteiger partial charge in [0, 0.05) is 48.1 Å². The van der Waals surface area contributed by atoms with Crippen LogP contribution in [0.5, 0.6) is 0 Å². The molecule has 0 aliphatic heterocycles. The van der Waals surface area contributed by atoms with Crippen LogP contribution < -0.4 is 0 Å². The number of aromatic nitrogens is 2. The van der Waals surface area contributed by atoms with Crippen LogP contribution in [0.25, 0.3) is 22.5 Å². The van der Waals surface area contributed by atoms with Crippen molar-refractivity contribution in [3.8, 4) is 22.5 Å². The Kier molecular flexibility index (Phi) is 8.52. The molecule has 0 unspecified atom stereocenters. The van der Waals surface area contributed by atoms with Gasteiger partial charge < -0.3 is 19.4 Å². The first-order valence-electron chi connectivity index (χ1n) is 13.3. The molecule has 0 aliphatic rings. The molecule has 0 saturated heterocycles. The zero-order chi connectivity index (χ0) is 30.8. The number of benzene rings is 3. The molecule has 2 atom stereocenters. The highest BCUT2D eigenvalue weighted by Gasteiger charge is 2.43. The number of H-pyrrole nitrogens is 2. The normalized spacial score (nSPS) is 13.8. The van der Waals surface area contributed by atoms with E-state index in [2.05, 4.69) is 9.97 Å². The molecule has 0 amide bonds. The highest BCUT2D eigenvalue weighted by molar-refractivity contribution is 5.67. The molecule has 5 aromatic rings. The van der Waals surface area contributed by atoms with Crippen LogP contribution in [0.3, 0.4) is 0 Å². The van der Waals surface area contributed by atoms with Crippen molar-refractivity contribution < 1.29 is 35.8 Å². The molecule has 2 heterocycles. The molecule has 0 spiro atoms. The van der Waals surface area contributed by atoms with E-state index in [-0.39, 0.29) is 11.1 Å². The first kappa shape index (κ1) is 30.2. The van der Waals surface area contributed by atoms with E-state index < -0.39 is 30.5 Å². The fourth-order valence-electron chi connectivity index (χ4n) is 5.46. The van der Waals surface area contributed by atoms with Crippen molar-refractivity contribution in [2.75, 3.05) is 14.2 Å². The van der Waals surface area contributed by atoms with E-state index in [1.165, 1.54) is 24.3 Å². The molecular weight excluding hydrogens is 570 g/mol. The molecule has 224 valence electrons. The van der Waals surface area contributed by atoms with Crippen molar-refractivity contribution in [1.29, 1.82) is 0 Å². The summed E-state index contributed by atoms with van der Waals surface area (Å²) in [7, 11) is 2.04. The molecule has 43 heavy (non-hydrogen) atoms. The summed E-state index contributed by atoms with van der Waals surface area (Å²) in [6.07, 6.45) is -13.5. The summed E-state index contributed by atoms with van der Waals surface area (Å²) in [5.41, 5.74) is 3.74. The van der Waals surface area contributed by atoms with E-state index in [4.69, 9.17) is 9.47 Å². The standard InChI is InChI=1S/C33H28F6N2O2/c1-42-30(32(34,35)36)23-14-8-6-12-21(23)25-16-18-27(40-25)29(20-10-4-3-5-11-20)28-19-17-26(41-28)22-13-7-9-15-24(22)31(43-2)33(37,38)39/h3-19,29-31,40-41H,1-2H3/t30-,31-/m0/s1. The number of nitrogens with one attached hydrogen (secondary N) is 2. The second kappa shape index (κ2) is 12.1. The Balaban J connectivity index is 1.58. The minimum atomic E-state index is -4.61. The van der Waals surface area contributed by atoms with Crippen molar-refractivity contribution >= 4 is 0 Å². The van der Waals surface area contributed by atoms with Crippen LogP contribution in [0, 0.1) is 0 Å². The third-order valence-electron chi connectivity index (χ3n) is 7.30. The van der Waals surface area contributed by atoms with E-state index in [9.17, 15) is 26.3 Å². The van der Waals surface area contributed by atoms with E-state index >= 15 is 0 Å². The molecular formula is C33H28F6N2O2. The van der Waals surface area contributed by atoms with Crippen LogP contribution in [-0.4, -0.2) is 36.5 Å². The number of alkyl halides is 6. The monoisotopic (exact) mass is 598 g/mol. The van der Waals surface area contributed by atoms with Crippen LogP contribution in [0.4, 0.5) is 26.3 Å². The van der Waals surface area contributed by atoms with Crippen molar-refractivity contribution in [3.63, 3.8) is 0 Å². The van der Waals surface area contributed by atoms with Crippen molar-refractivity contribution in [1.82, 2.24) is 9.97 Å². The van der Waals surface area contributed by atoms with E-state index in [1.54, 1.807) is 48.5 Å². The molecule has 0 aliphatic carbocycles. The topological polar surface area (TPSA) is 50.0 Å². The predicted molar refractivity (Wildman–Crippen MR) is 151 cm³/mol. The molecule has 0 bridgehead atoms. The number of hydrogen-bond donors (Lipinski definition) is 2. The summed E-state index contributed by atoms with van der Waals surface area (Å²) in [5, 5.41) is 0. The predicted octanol–water partition coefficient (Wildman–Crippen LogP) is 9.36. The van der Waals surface area contributed by atoms with Crippen molar-refractivity contribution in [2.45, 2.75) is 30.5 Å². The molecule has 3 aromatic carbocycles. The van der Waals surface area contributed by atoms with Crippen LogP contribution in [0.2, 0.25) is 0 Å². The molecule has 0 fully saturated rings. The van der Waals surface area contributed by atoms with E-state index in [0.29, 0.717) is 33.9 Å². The molecule has 0 radical (unpaired) electrons. The molecule has 0 saturated carbocycles. The highest BCUT2D eigenvalue weighted by Crippen LogP contribution is 2.42. The minimum Gasteiger partial charge on any atom is -0.367 e. The number of methoxy groups -OCH3 is 2. The number of aromatic amines is 2. The minimum absolute atomic E-state index is 0.0294. The molecule has 10 heteroatoms. The van der Waals surface area contributed by atoms with Crippen molar-refractivity contribution in [3.05, 3.63) is 131 Å². The summed E-state index contributed by atoms with van der Waals surface area (Å²) in [6.45, 7) is 0. The van der Waals surface area contributed by atoms with Gasteiger partial charge in [-0.15, -0.1) is 0 Å². The number of hydrogen-bond acceptors (Lipinski definition) is 2. The Labute approximate surface area is 244 Å². The second-order valence-electron chi connectivity index (χ2n) is 9.99. The maximum atomic E-state index is 13.8. The SMILES string of the molecule is CO[C@@H](c1ccccc1-c1ccc(C(c2ccccc2)c2ccc(-c3ccccc3[C@H](OC)C(F)(F)F)[nH]2)[nH]1)C(F)(F)F. The van der Waals surface area contributed by atoms with Crippen LogP contribution in [-0.2, 0) is 9.47 Å². The Hall–Kier alpha value is -4.28. The van der Waals surface area contributed by atoms with Gasteiger partial charge in [-0.1, -0.05) is 78.9 Å². The Morgan fingerprint density at radius 3 is 1.30 bits per heavy atom. The Morgan fingerprint density at radius 1 is 0.512 bits per heavy atom. The van der Waals surface area contributed by atoms with Gasteiger partial charge in [-0.05, 0) is 41.0 Å². The maximum absolute atomic E-state index is 13.8. The third kappa shape index (κ3) is 6.25. The Morgan fingerprint density at radius 2 is 0.907 bits per heavy atom. The van der Waals surface area contributed by atoms with Gasteiger partial charge in [0.25, 0.3) is 0 Å². The zero-order valence-corrected chi connectivity index (χ0v) is 23.1. The quantitative estimate of drug-likeness (QED) is 0.166. The molecule has 4 nitrogen and oxygen atoms in total. The fraction of sp³-hybridized carbons (Fsp3) is 0.212. The molecule has 5 rings (SSSR count). The fourth-order valence-corrected chi connectivity index (χ4v) is 5.46. The smallest absolute Gasteiger partial charge is 0.367 e. The van der Waals surface area contributed by atoms with Crippen LogP contribution >= 0.6 is 0 Å². The van der Waals surface area contributed by atoms with Gasteiger partial charge in [0.2, 0.25) is 0 Å². The first-order chi connectivity index (χ1) is 20.5. The average molecular weight is 599 g/mol. The van der Waals surface area contributed by atoms with Gasteiger partial charge in [-0.25, -0.2) is 0 Å². The van der Waals surface area contributed by atoms with Gasteiger partial charge >= 0.3 is 12.4 Å². The third-order valence-corrected chi connectivity index (χ3v) is 7.30. The van der Waals surface area contributed by atoms with Crippen molar-refractivity contribution in [2.24, 2.45) is 0 Å². The number of rotatable bonds is 9.